The maximum absolute atomic E-state index is 10.8. The van der Waals surface area contributed by atoms with E-state index in [1.807, 2.05) is 0 Å². The summed E-state index contributed by atoms with van der Waals surface area (Å²) < 4.78 is 1.52. The molecule has 12 heavy (non-hydrogen) atoms. The molecule has 0 aliphatic rings. The Kier molecular flexibility index (Phi) is 2.59. The van der Waals surface area contributed by atoms with E-state index in [2.05, 4.69) is 22.8 Å². The van der Waals surface area contributed by atoms with Gasteiger partial charge in [0.15, 0.2) is 5.82 Å². The maximum Gasteiger partial charge on any atom is 0.273 e. The number of nitrogens with zero attached hydrogens (tertiary/aromatic N) is 3. The van der Waals surface area contributed by atoms with Gasteiger partial charge < -0.3 is 4.57 Å². The molecule has 1 aromatic heterocycles. The van der Waals surface area contributed by atoms with Gasteiger partial charge in [0.1, 0.15) is 11.6 Å². The molecule has 6 heteroatoms. The summed E-state index contributed by atoms with van der Waals surface area (Å²) in [6.07, 6.45) is 2.66. The van der Waals surface area contributed by atoms with E-state index in [4.69, 9.17) is 0 Å². The smallest absolute Gasteiger partial charge is 0.273 e. The fourth-order valence-corrected chi connectivity index (χ4v) is 0.999. The van der Waals surface area contributed by atoms with Crippen molar-refractivity contribution in [3.63, 3.8) is 0 Å². The maximum atomic E-state index is 10.8. The van der Waals surface area contributed by atoms with Crippen LogP contribution in [0, 0.1) is 0 Å². The fourth-order valence-electron chi connectivity index (χ4n) is 0.713. The zero-order valence-corrected chi connectivity index (χ0v) is 7.15. The van der Waals surface area contributed by atoms with E-state index in [-0.39, 0.29) is 0 Å². The van der Waals surface area contributed by atoms with Gasteiger partial charge in [-0.15, -0.1) is 10.2 Å². The monoisotopic (exact) mass is 184 g/mol. The number of thiol groups is 1. The highest BCUT2D eigenvalue weighted by Gasteiger charge is 2.20. The number of Topliss-reactive ketones (excluding diaryl/α,β-unsaturated/α-hetero) is 1. The molecule has 0 bridgehead atoms. The van der Waals surface area contributed by atoms with Crippen LogP contribution in [0.25, 0.3) is 0 Å². The Balaban J connectivity index is 2.91. The second-order valence-corrected chi connectivity index (χ2v) is 2.69. The van der Waals surface area contributed by atoms with E-state index in [0.717, 1.165) is 0 Å². The summed E-state index contributed by atoms with van der Waals surface area (Å²) in [6, 6.07) is 0. The highest BCUT2D eigenvalue weighted by atomic mass is 32.1. The van der Waals surface area contributed by atoms with Crippen molar-refractivity contribution >= 4 is 24.7 Å². The molecule has 0 aliphatic carbocycles. The van der Waals surface area contributed by atoms with Gasteiger partial charge in [0.25, 0.3) is 6.29 Å². The van der Waals surface area contributed by atoms with Crippen LogP contribution >= 0.6 is 12.6 Å². The first kappa shape index (κ1) is 8.92. The molecule has 0 saturated heterocycles. The molecule has 1 unspecified atom stereocenters. The SMILES string of the molecule is Cn1cnnc1C(S)C(=O)[C]=O. The van der Waals surface area contributed by atoms with Crippen LogP contribution in [0.15, 0.2) is 6.33 Å². The number of carbonyl (C=O) groups excluding carboxylic acids is 2. The van der Waals surface area contributed by atoms with Crippen LogP contribution in [0.5, 0.6) is 0 Å². The molecule has 5 nitrogen and oxygen atoms in total. The molecule has 1 rings (SSSR count). The first-order chi connectivity index (χ1) is 5.66. The zero-order chi connectivity index (χ0) is 9.14. The average molecular weight is 184 g/mol. The predicted molar refractivity (Wildman–Crippen MR) is 43.4 cm³/mol. The van der Waals surface area contributed by atoms with Crippen molar-refractivity contribution in [3.05, 3.63) is 12.2 Å². The van der Waals surface area contributed by atoms with E-state index in [1.165, 1.54) is 17.2 Å². The molecule has 0 N–H and O–H groups in total. The number of carbonyl (C=O) groups is 1. The topological polar surface area (TPSA) is 64.8 Å². The van der Waals surface area contributed by atoms with Crippen molar-refractivity contribution in [3.8, 4) is 0 Å². The summed E-state index contributed by atoms with van der Waals surface area (Å²) in [4.78, 5) is 20.8. The van der Waals surface area contributed by atoms with E-state index < -0.39 is 11.0 Å². The van der Waals surface area contributed by atoms with Gasteiger partial charge in [-0.25, -0.2) is 0 Å². The van der Waals surface area contributed by atoms with Crippen LogP contribution in [-0.4, -0.2) is 26.8 Å². The van der Waals surface area contributed by atoms with Gasteiger partial charge in [0.05, 0.1) is 0 Å². The van der Waals surface area contributed by atoms with Gasteiger partial charge in [0.2, 0.25) is 5.78 Å². The molecule has 0 amide bonds. The molecule has 1 aromatic rings. The Morgan fingerprint density at radius 3 is 2.92 bits per heavy atom. The van der Waals surface area contributed by atoms with Crippen molar-refractivity contribution in [2.24, 2.45) is 7.05 Å². The van der Waals surface area contributed by atoms with Crippen LogP contribution in [-0.2, 0) is 16.6 Å². The van der Waals surface area contributed by atoms with E-state index in [1.54, 1.807) is 7.05 Å². The third-order valence-corrected chi connectivity index (χ3v) is 1.81. The number of hydrogen-bond donors (Lipinski definition) is 1. The number of rotatable bonds is 3. The van der Waals surface area contributed by atoms with Crippen molar-refractivity contribution in [2.75, 3.05) is 0 Å². The van der Waals surface area contributed by atoms with Gasteiger partial charge in [0, 0.05) is 7.05 Å². The van der Waals surface area contributed by atoms with Crippen LogP contribution in [0.1, 0.15) is 11.1 Å². The lowest BCUT2D eigenvalue weighted by molar-refractivity contribution is -0.112. The molecule has 63 valence electrons. The molecule has 1 heterocycles. The third kappa shape index (κ3) is 1.53. The minimum Gasteiger partial charge on any atom is -0.319 e. The number of hydrogen-bond acceptors (Lipinski definition) is 5. The van der Waals surface area contributed by atoms with Crippen molar-refractivity contribution < 1.29 is 9.59 Å². The largest absolute Gasteiger partial charge is 0.319 e. The van der Waals surface area contributed by atoms with Crippen molar-refractivity contribution in [2.45, 2.75) is 5.25 Å². The lowest BCUT2D eigenvalue weighted by Gasteiger charge is -2.02. The molecule has 1 radical (unpaired) electrons. The highest BCUT2D eigenvalue weighted by Crippen LogP contribution is 2.16. The first-order valence-corrected chi connectivity index (χ1v) is 3.62. The van der Waals surface area contributed by atoms with Gasteiger partial charge in [-0.05, 0) is 0 Å². The average Bonchev–Trinajstić information content (AvgIpc) is 2.48. The van der Waals surface area contributed by atoms with Crippen LogP contribution in [0.2, 0.25) is 0 Å². The van der Waals surface area contributed by atoms with Crippen LogP contribution in [0.3, 0.4) is 0 Å². The quantitative estimate of drug-likeness (QED) is 0.506. The number of ketones is 1. The van der Waals surface area contributed by atoms with Crippen molar-refractivity contribution in [1.82, 2.24) is 14.8 Å². The lowest BCUT2D eigenvalue weighted by Crippen LogP contribution is -2.12. The summed E-state index contributed by atoms with van der Waals surface area (Å²) in [5.74, 6) is -0.402. The standard InChI is InChI=1S/C6H6N3O2S/c1-9-3-7-8-6(9)5(12)4(11)2-10/h3,5,12H,1H3. The third-order valence-electron chi connectivity index (χ3n) is 1.34. The summed E-state index contributed by atoms with van der Waals surface area (Å²) in [5, 5.41) is 6.30. The van der Waals surface area contributed by atoms with E-state index >= 15 is 0 Å². The first-order valence-electron chi connectivity index (χ1n) is 3.10. The Hall–Kier alpha value is -1.17. The molecule has 0 fully saturated rings. The molecular formula is C6H6N3O2S. The second kappa shape index (κ2) is 3.48. The second-order valence-electron chi connectivity index (χ2n) is 2.17. The minimum atomic E-state index is -0.866. The van der Waals surface area contributed by atoms with Crippen LogP contribution < -0.4 is 0 Å². The predicted octanol–water partition coefficient (Wildman–Crippen LogP) is -0.535. The summed E-state index contributed by atoms with van der Waals surface area (Å²) >= 11 is 3.89. The van der Waals surface area contributed by atoms with Crippen LogP contribution in [0.4, 0.5) is 0 Å². The minimum absolute atomic E-state index is 0.340. The Labute approximate surface area is 74.2 Å². The molecule has 1 atom stereocenters. The summed E-state index contributed by atoms with van der Waals surface area (Å²) in [5.41, 5.74) is 0. The molecule has 0 aliphatic heterocycles. The fraction of sp³-hybridized carbons (Fsp3) is 0.333. The Morgan fingerprint density at radius 2 is 2.50 bits per heavy atom. The van der Waals surface area contributed by atoms with Gasteiger partial charge in [-0.2, -0.15) is 12.6 Å². The highest BCUT2D eigenvalue weighted by molar-refractivity contribution is 7.81. The number of aryl methyl sites for hydroxylation is 1. The molecule has 0 saturated carbocycles. The number of aromatic nitrogens is 3. The van der Waals surface area contributed by atoms with Gasteiger partial charge >= 0.3 is 0 Å². The summed E-state index contributed by atoms with van der Waals surface area (Å²) in [6.45, 7) is 0. The normalized spacial score (nSPS) is 12.5. The van der Waals surface area contributed by atoms with Gasteiger partial charge in [-0.3, -0.25) is 9.59 Å². The Morgan fingerprint density at radius 1 is 1.83 bits per heavy atom. The zero-order valence-electron chi connectivity index (χ0n) is 6.26. The van der Waals surface area contributed by atoms with E-state index in [0.29, 0.717) is 5.82 Å². The molecular weight excluding hydrogens is 178 g/mol. The van der Waals surface area contributed by atoms with E-state index in [9.17, 15) is 9.59 Å². The lowest BCUT2D eigenvalue weighted by atomic mass is 10.3. The Bertz CT molecular complexity index is 309. The van der Waals surface area contributed by atoms with Gasteiger partial charge in [-0.1, -0.05) is 0 Å². The molecule has 0 aromatic carbocycles. The summed E-state index contributed by atoms with van der Waals surface area (Å²) in [7, 11) is 1.66. The molecule has 0 spiro atoms. The van der Waals surface area contributed by atoms with Crippen molar-refractivity contribution in [1.29, 1.82) is 0 Å².